The Hall–Kier alpha value is -1.35. The molecule has 3 rings (SSSR count). The van der Waals surface area contributed by atoms with Gasteiger partial charge in [0.2, 0.25) is 5.56 Å². The zero-order valence-electron chi connectivity index (χ0n) is 11.0. The fraction of sp³-hybridized carbons (Fsp3) is 0.533. The van der Waals surface area contributed by atoms with Crippen LogP contribution < -0.4 is 11.3 Å². The standard InChI is InChI=1S/C15H20N2O/c1-3-11-10-6-9(2)8-15(11,16)12-4-5-14(18)17-13(12)7-10/h3-5,9-10H,6-8,16H2,1-2H3,(H,17,18)/b11-3-. The molecule has 3 nitrogen and oxygen atoms in total. The van der Waals surface area contributed by atoms with Gasteiger partial charge in [-0.1, -0.05) is 13.0 Å². The third-order valence-electron chi connectivity index (χ3n) is 4.56. The van der Waals surface area contributed by atoms with Crippen LogP contribution in [0.2, 0.25) is 0 Å². The number of aromatic amines is 1. The van der Waals surface area contributed by atoms with Gasteiger partial charge < -0.3 is 10.7 Å². The van der Waals surface area contributed by atoms with Gasteiger partial charge in [0, 0.05) is 11.8 Å². The molecule has 1 heterocycles. The molecule has 1 aromatic rings. The van der Waals surface area contributed by atoms with Crippen molar-refractivity contribution in [1.82, 2.24) is 4.98 Å². The second-order valence-electron chi connectivity index (χ2n) is 5.88. The van der Waals surface area contributed by atoms with E-state index in [1.165, 1.54) is 12.0 Å². The Balaban J connectivity index is 2.23. The summed E-state index contributed by atoms with van der Waals surface area (Å²) in [6, 6.07) is 3.52. The third kappa shape index (κ3) is 1.50. The van der Waals surface area contributed by atoms with E-state index in [2.05, 4.69) is 24.9 Å². The Morgan fingerprint density at radius 3 is 3.00 bits per heavy atom. The molecule has 0 amide bonds. The Bertz CT molecular complexity index is 572. The lowest BCUT2D eigenvalue weighted by atomic mass is 9.60. The minimum atomic E-state index is -0.366. The Labute approximate surface area is 107 Å². The number of rotatable bonds is 0. The number of fused-ring (bicyclic) bond motifs is 4. The first-order valence-corrected chi connectivity index (χ1v) is 6.73. The number of nitrogens with two attached hydrogens (primary N) is 1. The zero-order chi connectivity index (χ0) is 12.9. The Morgan fingerprint density at radius 1 is 1.50 bits per heavy atom. The molecule has 0 saturated heterocycles. The molecule has 2 bridgehead atoms. The molecule has 1 aromatic heterocycles. The molecular formula is C15H20N2O. The minimum Gasteiger partial charge on any atom is -0.326 e. The Kier molecular flexibility index (Phi) is 2.49. The van der Waals surface area contributed by atoms with Crippen LogP contribution in [0.4, 0.5) is 0 Å². The summed E-state index contributed by atoms with van der Waals surface area (Å²) in [5, 5.41) is 0. The number of nitrogens with one attached hydrogen (secondary N) is 1. The van der Waals surface area contributed by atoms with Gasteiger partial charge in [0.05, 0.1) is 5.54 Å². The van der Waals surface area contributed by atoms with Gasteiger partial charge in [-0.05, 0) is 55.2 Å². The van der Waals surface area contributed by atoms with E-state index in [1.54, 1.807) is 6.07 Å². The fourth-order valence-electron chi connectivity index (χ4n) is 4.02. The van der Waals surface area contributed by atoms with E-state index in [1.807, 2.05) is 6.07 Å². The largest absolute Gasteiger partial charge is 0.326 e. The number of H-pyrrole nitrogens is 1. The maximum Gasteiger partial charge on any atom is 0.248 e. The van der Waals surface area contributed by atoms with E-state index in [4.69, 9.17) is 5.73 Å². The van der Waals surface area contributed by atoms with Crippen LogP contribution in [0, 0.1) is 11.8 Å². The van der Waals surface area contributed by atoms with Gasteiger partial charge in [0.1, 0.15) is 0 Å². The molecule has 3 heteroatoms. The van der Waals surface area contributed by atoms with E-state index in [0.29, 0.717) is 11.8 Å². The average molecular weight is 244 g/mol. The number of hydrogen-bond donors (Lipinski definition) is 2. The lowest BCUT2D eigenvalue weighted by Crippen LogP contribution is -2.50. The molecule has 0 radical (unpaired) electrons. The van der Waals surface area contributed by atoms with Crippen LogP contribution in [-0.2, 0) is 12.0 Å². The van der Waals surface area contributed by atoms with Crippen LogP contribution in [0.15, 0.2) is 28.6 Å². The first-order chi connectivity index (χ1) is 8.54. The topological polar surface area (TPSA) is 58.9 Å². The van der Waals surface area contributed by atoms with Gasteiger partial charge in [-0.3, -0.25) is 4.79 Å². The maximum absolute atomic E-state index is 11.5. The van der Waals surface area contributed by atoms with Gasteiger partial charge in [-0.25, -0.2) is 0 Å². The van der Waals surface area contributed by atoms with Crippen LogP contribution >= 0.6 is 0 Å². The first-order valence-electron chi connectivity index (χ1n) is 6.73. The molecule has 96 valence electrons. The molecule has 18 heavy (non-hydrogen) atoms. The molecule has 3 unspecified atom stereocenters. The summed E-state index contributed by atoms with van der Waals surface area (Å²) in [4.78, 5) is 14.4. The monoisotopic (exact) mass is 244 g/mol. The molecule has 0 aliphatic heterocycles. The van der Waals surface area contributed by atoms with Crippen molar-refractivity contribution in [2.75, 3.05) is 0 Å². The van der Waals surface area contributed by atoms with E-state index < -0.39 is 0 Å². The number of hydrogen-bond acceptors (Lipinski definition) is 2. The summed E-state index contributed by atoms with van der Waals surface area (Å²) in [5.74, 6) is 1.14. The van der Waals surface area contributed by atoms with Gasteiger partial charge in [0.25, 0.3) is 0 Å². The SMILES string of the molecule is C/C=C1/C2Cc3[nH]c(=O)ccc3C1(N)CC(C)C2. The van der Waals surface area contributed by atoms with Crippen LogP contribution in [0.5, 0.6) is 0 Å². The first kappa shape index (κ1) is 11.7. The van der Waals surface area contributed by atoms with Crippen LogP contribution in [0.1, 0.15) is 37.9 Å². The third-order valence-corrected chi connectivity index (χ3v) is 4.56. The molecular weight excluding hydrogens is 224 g/mol. The number of allylic oxidation sites excluding steroid dienone is 1. The number of pyridine rings is 1. The van der Waals surface area contributed by atoms with Gasteiger partial charge in [-0.2, -0.15) is 0 Å². The van der Waals surface area contributed by atoms with Crippen molar-refractivity contribution in [3.63, 3.8) is 0 Å². The molecule has 2 aliphatic rings. The van der Waals surface area contributed by atoms with Crippen molar-refractivity contribution in [1.29, 1.82) is 0 Å². The molecule has 1 saturated carbocycles. The second kappa shape index (κ2) is 3.82. The summed E-state index contributed by atoms with van der Waals surface area (Å²) < 4.78 is 0. The molecule has 1 fully saturated rings. The van der Waals surface area contributed by atoms with Crippen molar-refractivity contribution >= 4 is 0 Å². The molecule has 3 atom stereocenters. The van der Waals surface area contributed by atoms with Crippen molar-refractivity contribution in [2.45, 2.75) is 38.6 Å². The van der Waals surface area contributed by atoms with E-state index in [9.17, 15) is 4.79 Å². The van der Waals surface area contributed by atoms with E-state index >= 15 is 0 Å². The average Bonchev–Trinajstić information content (AvgIpc) is 2.26. The number of aromatic nitrogens is 1. The molecule has 3 N–H and O–H groups in total. The second-order valence-corrected chi connectivity index (χ2v) is 5.88. The fourth-order valence-corrected chi connectivity index (χ4v) is 4.02. The predicted octanol–water partition coefficient (Wildman–Crippen LogP) is 2.08. The van der Waals surface area contributed by atoms with Crippen LogP contribution in [0.25, 0.3) is 0 Å². The Morgan fingerprint density at radius 2 is 2.28 bits per heavy atom. The quantitative estimate of drug-likeness (QED) is 0.686. The van der Waals surface area contributed by atoms with Crippen LogP contribution in [0.3, 0.4) is 0 Å². The van der Waals surface area contributed by atoms with Gasteiger partial charge in [-0.15, -0.1) is 0 Å². The molecule has 0 spiro atoms. The summed E-state index contributed by atoms with van der Waals surface area (Å²) in [6.07, 6.45) is 5.26. The molecule has 0 aromatic carbocycles. The minimum absolute atomic E-state index is 0.0209. The van der Waals surface area contributed by atoms with E-state index in [0.717, 1.165) is 24.1 Å². The highest BCUT2D eigenvalue weighted by Gasteiger charge is 2.46. The zero-order valence-corrected chi connectivity index (χ0v) is 11.0. The predicted molar refractivity (Wildman–Crippen MR) is 72.3 cm³/mol. The van der Waals surface area contributed by atoms with Crippen molar-refractivity contribution in [2.24, 2.45) is 17.6 Å². The highest BCUT2D eigenvalue weighted by atomic mass is 16.1. The summed E-state index contributed by atoms with van der Waals surface area (Å²) >= 11 is 0. The normalized spacial score (nSPS) is 36.5. The summed E-state index contributed by atoms with van der Waals surface area (Å²) in [6.45, 7) is 4.36. The summed E-state index contributed by atoms with van der Waals surface area (Å²) in [7, 11) is 0. The van der Waals surface area contributed by atoms with Crippen LogP contribution in [-0.4, -0.2) is 4.98 Å². The summed E-state index contributed by atoms with van der Waals surface area (Å²) in [5.41, 5.74) is 9.86. The smallest absolute Gasteiger partial charge is 0.248 e. The van der Waals surface area contributed by atoms with E-state index in [-0.39, 0.29) is 11.1 Å². The highest BCUT2D eigenvalue weighted by molar-refractivity contribution is 5.44. The maximum atomic E-state index is 11.5. The highest BCUT2D eigenvalue weighted by Crippen LogP contribution is 2.50. The van der Waals surface area contributed by atoms with Crippen molar-refractivity contribution in [3.8, 4) is 0 Å². The lowest BCUT2D eigenvalue weighted by molar-refractivity contribution is 0.231. The molecule has 2 aliphatic carbocycles. The van der Waals surface area contributed by atoms with Crippen molar-refractivity contribution in [3.05, 3.63) is 45.4 Å². The van der Waals surface area contributed by atoms with Gasteiger partial charge in [0.15, 0.2) is 0 Å². The lowest BCUT2D eigenvalue weighted by Gasteiger charge is -2.48. The van der Waals surface area contributed by atoms with Crippen molar-refractivity contribution < 1.29 is 0 Å². The van der Waals surface area contributed by atoms with Gasteiger partial charge >= 0.3 is 0 Å².